The number of hydrogen-bond acceptors (Lipinski definition) is 5. The Morgan fingerprint density at radius 2 is 1.74 bits per heavy atom. The fourth-order valence-corrected chi connectivity index (χ4v) is 4.84. The lowest BCUT2D eigenvalue weighted by Crippen LogP contribution is -2.26. The van der Waals surface area contributed by atoms with Crippen molar-refractivity contribution in [2.45, 2.75) is 15.9 Å². The predicted molar refractivity (Wildman–Crippen MR) is 85.6 cm³/mol. The zero-order chi connectivity index (χ0) is 17.0. The van der Waals surface area contributed by atoms with Gasteiger partial charge in [0.2, 0.25) is 0 Å². The fraction of sp³-hybridized carbons (Fsp3) is 0.200. The molecular weight excluding hydrogens is 338 g/mol. The van der Waals surface area contributed by atoms with Crippen LogP contribution in [-0.2, 0) is 19.9 Å². The molecule has 122 valence electrons. The molecule has 0 aromatic heterocycles. The van der Waals surface area contributed by atoms with Gasteiger partial charge in [0.1, 0.15) is 6.10 Å². The largest absolute Gasteiger partial charge is 0.384 e. The van der Waals surface area contributed by atoms with Crippen molar-refractivity contribution in [1.29, 1.82) is 0 Å². The first kappa shape index (κ1) is 16.0. The quantitative estimate of drug-likeness (QED) is 0.835. The van der Waals surface area contributed by atoms with Crippen molar-refractivity contribution in [3.63, 3.8) is 0 Å². The molecule has 2 aromatic rings. The molecular formula is C15H15NO5S2. The SMILES string of the molecule is CN1c2ccccc2C(O)c2ccc(S(C)(=O)=O)cc2S1(=O)=O. The van der Waals surface area contributed by atoms with Gasteiger partial charge in [0.05, 0.1) is 15.5 Å². The summed E-state index contributed by atoms with van der Waals surface area (Å²) >= 11 is 0. The molecule has 1 N–H and O–H groups in total. The lowest BCUT2D eigenvalue weighted by Gasteiger charge is -2.19. The van der Waals surface area contributed by atoms with Crippen LogP contribution in [0, 0.1) is 0 Å². The zero-order valence-electron chi connectivity index (χ0n) is 12.5. The van der Waals surface area contributed by atoms with Crippen LogP contribution in [0.25, 0.3) is 0 Å². The predicted octanol–water partition coefficient (Wildman–Crippen LogP) is 1.31. The number of rotatable bonds is 1. The first-order chi connectivity index (χ1) is 10.6. The van der Waals surface area contributed by atoms with Crippen molar-refractivity contribution in [1.82, 2.24) is 0 Å². The Hall–Kier alpha value is -1.90. The van der Waals surface area contributed by atoms with Crippen LogP contribution in [0.2, 0.25) is 0 Å². The van der Waals surface area contributed by atoms with E-state index >= 15 is 0 Å². The summed E-state index contributed by atoms with van der Waals surface area (Å²) in [5, 5.41) is 10.6. The van der Waals surface area contributed by atoms with Gasteiger partial charge in [-0.25, -0.2) is 16.8 Å². The highest BCUT2D eigenvalue weighted by molar-refractivity contribution is 7.93. The van der Waals surface area contributed by atoms with Gasteiger partial charge < -0.3 is 5.11 Å². The van der Waals surface area contributed by atoms with Crippen molar-refractivity contribution in [3.8, 4) is 0 Å². The van der Waals surface area contributed by atoms with E-state index in [1.807, 2.05) is 0 Å². The average molecular weight is 353 g/mol. The molecule has 2 aromatic carbocycles. The summed E-state index contributed by atoms with van der Waals surface area (Å²) in [4.78, 5) is -0.307. The van der Waals surface area contributed by atoms with E-state index in [2.05, 4.69) is 0 Å². The Labute approximate surface area is 135 Å². The van der Waals surface area contributed by atoms with Crippen LogP contribution in [-0.4, -0.2) is 35.2 Å². The summed E-state index contributed by atoms with van der Waals surface area (Å²) < 4.78 is 50.2. The number of sulfone groups is 1. The second-order valence-corrected chi connectivity index (χ2v) is 9.36. The molecule has 0 saturated heterocycles. The molecule has 0 saturated carbocycles. The Morgan fingerprint density at radius 1 is 1.09 bits per heavy atom. The molecule has 8 heteroatoms. The number of aliphatic hydroxyl groups excluding tert-OH is 1. The van der Waals surface area contributed by atoms with Gasteiger partial charge in [-0.15, -0.1) is 0 Å². The molecule has 1 unspecified atom stereocenters. The van der Waals surface area contributed by atoms with Gasteiger partial charge >= 0.3 is 0 Å². The third-order valence-electron chi connectivity index (χ3n) is 3.92. The third-order valence-corrected chi connectivity index (χ3v) is 6.85. The minimum atomic E-state index is -3.98. The summed E-state index contributed by atoms with van der Waals surface area (Å²) in [5.41, 5.74) is 0.968. The second-order valence-electron chi connectivity index (χ2n) is 5.41. The Morgan fingerprint density at radius 3 is 2.39 bits per heavy atom. The summed E-state index contributed by atoms with van der Waals surface area (Å²) in [6.07, 6.45) is -0.151. The van der Waals surface area contributed by atoms with Gasteiger partial charge in [-0.3, -0.25) is 4.31 Å². The zero-order valence-corrected chi connectivity index (χ0v) is 14.1. The molecule has 1 aliphatic rings. The molecule has 0 bridgehead atoms. The van der Waals surface area contributed by atoms with E-state index in [0.29, 0.717) is 11.3 Å². The third kappa shape index (κ3) is 2.43. The number of hydrogen-bond donors (Lipinski definition) is 1. The fourth-order valence-electron chi connectivity index (χ4n) is 2.64. The van der Waals surface area contributed by atoms with Crippen LogP contribution >= 0.6 is 0 Å². The van der Waals surface area contributed by atoms with Gasteiger partial charge in [-0.1, -0.05) is 24.3 Å². The lowest BCUT2D eigenvalue weighted by atomic mass is 10.00. The maximum absolute atomic E-state index is 12.8. The standard InChI is InChI=1S/C15H15NO5S2/c1-16-13-6-4-3-5-11(13)15(17)12-8-7-10(22(2,18)19)9-14(12)23(16,20)21/h3-9,15,17H,1-2H3. The highest BCUT2D eigenvalue weighted by Gasteiger charge is 2.34. The highest BCUT2D eigenvalue weighted by Crippen LogP contribution is 2.40. The van der Waals surface area contributed by atoms with E-state index in [1.165, 1.54) is 19.2 Å². The number of benzene rings is 2. The van der Waals surface area contributed by atoms with Crippen LogP contribution in [0.4, 0.5) is 5.69 Å². The van der Waals surface area contributed by atoms with Crippen molar-refractivity contribution in [3.05, 3.63) is 53.6 Å². The second kappa shape index (κ2) is 5.05. The Balaban J connectivity index is 2.39. The summed E-state index contributed by atoms with van der Waals surface area (Å²) in [7, 11) is -6.16. The van der Waals surface area contributed by atoms with Crippen molar-refractivity contribution >= 4 is 25.5 Å². The van der Waals surface area contributed by atoms with Crippen LogP contribution in [0.5, 0.6) is 0 Å². The summed E-state index contributed by atoms with van der Waals surface area (Å²) in [6, 6.07) is 10.4. The molecule has 0 fully saturated rings. The van der Waals surface area contributed by atoms with Gasteiger partial charge in [0.25, 0.3) is 10.0 Å². The average Bonchev–Trinajstić information content (AvgIpc) is 2.56. The lowest BCUT2D eigenvalue weighted by molar-refractivity contribution is 0.218. The normalized spacial score (nSPS) is 19.6. The molecule has 1 atom stereocenters. The molecule has 1 aliphatic heterocycles. The van der Waals surface area contributed by atoms with E-state index in [0.717, 1.165) is 16.6 Å². The van der Waals surface area contributed by atoms with Gasteiger partial charge in [-0.05, 0) is 18.2 Å². The monoisotopic (exact) mass is 353 g/mol. The van der Waals surface area contributed by atoms with Crippen LogP contribution in [0.3, 0.4) is 0 Å². The van der Waals surface area contributed by atoms with Gasteiger partial charge in [-0.2, -0.15) is 0 Å². The Bertz CT molecular complexity index is 996. The minimum absolute atomic E-state index is 0.105. The summed E-state index contributed by atoms with van der Waals surface area (Å²) in [5.74, 6) is 0. The van der Waals surface area contributed by atoms with E-state index in [9.17, 15) is 21.9 Å². The van der Waals surface area contributed by atoms with Crippen LogP contribution in [0.15, 0.2) is 52.3 Å². The Kier molecular flexibility index (Phi) is 3.51. The molecule has 0 spiro atoms. The first-order valence-corrected chi connectivity index (χ1v) is 10.1. The number of fused-ring (bicyclic) bond motifs is 2. The molecule has 6 nitrogen and oxygen atoms in total. The van der Waals surface area contributed by atoms with E-state index in [-0.39, 0.29) is 15.4 Å². The number of para-hydroxylation sites is 1. The maximum atomic E-state index is 12.8. The van der Waals surface area contributed by atoms with Crippen LogP contribution in [0.1, 0.15) is 17.2 Å². The molecule has 0 aliphatic carbocycles. The van der Waals surface area contributed by atoms with Crippen LogP contribution < -0.4 is 4.31 Å². The van der Waals surface area contributed by atoms with E-state index in [1.54, 1.807) is 24.3 Å². The molecule has 3 rings (SSSR count). The smallest absolute Gasteiger partial charge is 0.264 e. The number of sulfonamides is 1. The molecule has 1 heterocycles. The van der Waals surface area contributed by atoms with Gasteiger partial charge in [0.15, 0.2) is 9.84 Å². The molecule has 0 amide bonds. The van der Waals surface area contributed by atoms with Crippen molar-refractivity contribution in [2.75, 3.05) is 17.6 Å². The summed E-state index contributed by atoms with van der Waals surface area (Å²) in [6.45, 7) is 0. The first-order valence-electron chi connectivity index (χ1n) is 6.74. The molecule has 23 heavy (non-hydrogen) atoms. The number of aliphatic hydroxyl groups is 1. The minimum Gasteiger partial charge on any atom is -0.384 e. The van der Waals surface area contributed by atoms with Gasteiger partial charge in [0, 0.05) is 24.4 Å². The topological polar surface area (TPSA) is 91.8 Å². The molecule has 0 radical (unpaired) electrons. The highest BCUT2D eigenvalue weighted by atomic mass is 32.2. The number of anilines is 1. The van der Waals surface area contributed by atoms with E-state index in [4.69, 9.17) is 0 Å². The van der Waals surface area contributed by atoms with Crippen molar-refractivity contribution in [2.24, 2.45) is 0 Å². The maximum Gasteiger partial charge on any atom is 0.264 e. The van der Waals surface area contributed by atoms with E-state index < -0.39 is 26.0 Å². The van der Waals surface area contributed by atoms with Crippen molar-refractivity contribution < 1.29 is 21.9 Å². The number of nitrogens with zero attached hydrogens (tertiary/aromatic N) is 1.